The molecule has 0 saturated carbocycles. The monoisotopic (exact) mass is 346 g/mol. The first-order chi connectivity index (χ1) is 12.3. The lowest BCUT2D eigenvalue weighted by Crippen LogP contribution is -1.98. The summed E-state index contributed by atoms with van der Waals surface area (Å²) in [5.74, 6) is 1.16. The molecule has 4 aromatic rings. The van der Waals surface area contributed by atoms with Gasteiger partial charge in [0, 0.05) is 34.6 Å². The number of ether oxygens (including phenoxy) is 1. The first kappa shape index (κ1) is 15.4. The van der Waals surface area contributed by atoms with Crippen molar-refractivity contribution in [1.82, 2.24) is 19.9 Å². The van der Waals surface area contributed by atoms with Crippen LogP contribution in [-0.2, 0) is 0 Å². The Labute approximate surface area is 149 Å². The predicted octanol–water partition coefficient (Wildman–Crippen LogP) is 4.34. The highest BCUT2D eigenvalue weighted by Crippen LogP contribution is 2.32. The van der Waals surface area contributed by atoms with Gasteiger partial charge >= 0.3 is 0 Å². The summed E-state index contributed by atoms with van der Waals surface area (Å²) in [7, 11) is 1.61. The second kappa shape index (κ2) is 6.78. The van der Waals surface area contributed by atoms with E-state index < -0.39 is 0 Å². The molecule has 0 fully saturated rings. The van der Waals surface area contributed by atoms with Crippen LogP contribution in [0.4, 0.5) is 0 Å². The van der Waals surface area contributed by atoms with Crippen LogP contribution in [-0.4, -0.2) is 27.0 Å². The Balaban J connectivity index is 1.83. The minimum atomic E-state index is 0.554. The smallest absolute Gasteiger partial charge is 0.178 e. The fourth-order valence-electron chi connectivity index (χ4n) is 2.49. The Morgan fingerprint density at radius 1 is 0.960 bits per heavy atom. The topological polar surface area (TPSA) is 60.8 Å². The minimum Gasteiger partial charge on any atom is -0.493 e. The molecule has 0 N–H and O–H groups in total. The van der Waals surface area contributed by atoms with Crippen molar-refractivity contribution in [1.29, 1.82) is 0 Å². The summed E-state index contributed by atoms with van der Waals surface area (Å²) >= 11 is 1.68. The summed E-state index contributed by atoms with van der Waals surface area (Å²) in [5, 5.41) is 2.05. The molecule has 0 radical (unpaired) electrons. The normalized spacial score (nSPS) is 10.6. The van der Waals surface area contributed by atoms with Crippen LogP contribution in [0.2, 0.25) is 0 Å². The molecule has 0 bridgehead atoms. The van der Waals surface area contributed by atoms with E-state index in [-0.39, 0.29) is 0 Å². The second-order valence-corrected chi connectivity index (χ2v) is 6.21. The number of nitrogens with zero attached hydrogens (tertiary/aromatic N) is 4. The van der Waals surface area contributed by atoms with Gasteiger partial charge in [-0.3, -0.25) is 9.97 Å². The third-order valence-corrected chi connectivity index (χ3v) is 4.61. The zero-order chi connectivity index (χ0) is 17.1. The summed E-state index contributed by atoms with van der Waals surface area (Å²) in [6.45, 7) is 0. The Bertz CT molecular complexity index is 988. The molecular weight excluding hydrogens is 332 g/mol. The van der Waals surface area contributed by atoms with Gasteiger partial charge < -0.3 is 4.74 Å². The van der Waals surface area contributed by atoms with E-state index in [1.807, 2.05) is 35.8 Å². The molecule has 0 aliphatic rings. The Hall–Kier alpha value is -3.12. The molecular formula is C19H14N4OS. The summed E-state index contributed by atoms with van der Waals surface area (Å²) in [5.41, 5.74) is 3.34. The number of aromatic nitrogens is 4. The number of rotatable bonds is 4. The lowest BCUT2D eigenvalue weighted by molar-refractivity contribution is 0.413. The van der Waals surface area contributed by atoms with Gasteiger partial charge in [-0.15, -0.1) is 11.3 Å². The maximum Gasteiger partial charge on any atom is 0.178 e. The third-order valence-electron chi connectivity index (χ3n) is 3.69. The van der Waals surface area contributed by atoms with Crippen molar-refractivity contribution in [2.24, 2.45) is 0 Å². The van der Waals surface area contributed by atoms with E-state index in [9.17, 15) is 0 Å². The van der Waals surface area contributed by atoms with Crippen LogP contribution < -0.4 is 4.74 Å². The molecule has 0 atom stereocenters. The SMILES string of the molecule is COc1cnc(-c2ccccn2)nc1-c1cncc(-c2cccs2)c1. The number of thiophene rings is 1. The highest BCUT2D eigenvalue weighted by molar-refractivity contribution is 7.13. The molecule has 4 aromatic heterocycles. The average molecular weight is 346 g/mol. The molecule has 5 nitrogen and oxygen atoms in total. The first-order valence-corrected chi connectivity index (χ1v) is 8.55. The average Bonchev–Trinajstić information content (AvgIpc) is 3.23. The van der Waals surface area contributed by atoms with Crippen LogP contribution in [0.3, 0.4) is 0 Å². The van der Waals surface area contributed by atoms with Crippen LogP contribution in [0.5, 0.6) is 5.75 Å². The van der Waals surface area contributed by atoms with Crippen molar-refractivity contribution in [2.75, 3.05) is 7.11 Å². The quantitative estimate of drug-likeness (QED) is 0.550. The van der Waals surface area contributed by atoms with E-state index in [1.54, 1.807) is 37.0 Å². The number of methoxy groups -OCH3 is 1. The van der Waals surface area contributed by atoms with Crippen LogP contribution in [0, 0.1) is 0 Å². The summed E-state index contributed by atoms with van der Waals surface area (Å²) in [6, 6.07) is 11.8. The number of hydrogen-bond acceptors (Lipinski definition) is 6. The molecule has 0 unspecified atom stereocenters. The van der Waals surface area contributed by atoms with E-state index in [1.165, 1.54) is 0 Å². The molecule has 25 heavy (non-hydrogen) atoms. The van der Waals surface area contributed by atoms with Crippen molar-refractivity contribution in [2.45, 2.75) is 0 Å². The molecule has 0 aliphatic heterocycles. The third kappa shape index (κ3) is 3.12. The van der Waals surface area contributed by atoms with Gasteiger partial charge in [0.25, 0.3) is 0 Å². The van der Waals surface area contributed by atoms with E-state index >= 15 is 0 Å². The summed E-state index contributed by atoms with van der Waals surface area (Å²) < 4.78 is 5.45. The van der Waals surface area contributed by atoms with Crippen molar-refractivity contribution < 1.29 is 4.74 Å². The minimum absolute atomic E-state index is 0.554. The van der Waals surface area contributed by atoms with Gasteiger partial charge in [-0.1, -0.05) is 12.1 Å². The Morgan fingerprint density at radius 3 is 2.64 bits per heavy atom. The molecule has 0 spiro atoms. The molecule has 0 amide bonds. The van der Waals surface area contributed by atoms with Gasteiger partial charge in [0.1, 0.15) is 11.4 Å². The zero-order valence-corrected chi connectivity index (χ0v) is 14.3. The standard InChI is InChI=1S/C19H14N4OS/c1-24-16-12-22-19(15-5-2-3-7-21-15)23-18(16)14-9-13(10-20-11-14)17-6-4-8-25-17/h2-12H,1H3. The van der Waals surface area contributed by atoms with Crippen LogP contribution in [0.15, 0.2) is 66.6 Å². The highest BCUT2D eigenvalue weighted by atomic mass is 32.1. The molecule has 4 heterocycles. The maximum absolute atomic E-state index is 5.45. The molecule has 0 aliphatic carbocycles. The Morgan fingerprint density at radius 2 is 1.88 bits per heavy atom. The van der Waals surface area contributed by atoms with E-state index in [2.05, 4.69) is 32.1 Å². The summed E-state index contributed by atoms with van der Waals surface area (Å²) in [6.07, 6.45) is 7.03. The van der Waals surface area contributed by atoms with Crippen molar-refractivity contribution in [3.05, 3.63) is 66.6 Å². The van der Waals surface area contributed by atoms with E-state index in [4.69, 9.17) is 4.74 Å². The zero-order valence-electron chi connectivity index (χ0n) is 13.5. The van der Waals surface area contributed by atoms with Crippen LogP contribution >= 0.6 is 11.3 Å². The summed E-state index contributed by atoms with van der Waals surface area (Å²) in [4.78, 5) is 18.9. The van der Waals surface area contributed by atoms with E-state index in [0.29, 0.717) is 23.0 Å². The predicted molar refractivity (Wildman–Crippen MR) is 98.4 cm³/mol. The Kier molecular flexibility index (Phi) is 4.18. The van der Waals surface area contributed by atoms with Crippen molar-refractivity contribution in [3.8, 4) is 39.0 Å². The molecule has 4 rings (SSSR count). The van der Waals surface area contributed by atoms with Gasteiger partial charge in [-0.25, -0.2) is 9.97 Å². The molecule has 0 aromatic carbocycles. The maximum atomic E-state index is 5.45. The fraction of sp³-hybridized carbons (Fsp3) is 0.0526. The van der Waals surface area contributed by atoms with Crippen molar-refractivity contribution in [3.63, 3.8) is 0 Å². The highest BCUT2D eigenvalue weighted by Gasteiger charge is 2.13. The number of pyridine rings is 2. The number of hydrogen-bond donors (Lipinski definition) is 0. The van der Waals surface area contributed by atoms with Crippen LogP contribution in [0.1, 0.15) is 0 Å². The van der Waals surface area contributed by atoms with Gasteiger partial charge in [-0.2, -0.15) is 0 Å². The molecule has 6 heteroatoms. The van der Waals surface area contributed by atoms with Gasteiger partial charge in [0.05, 0.1) is 13.3 Å². The van der Waals surface area contributed by atoms with Gasteiger partial charge in [0.15, 0.2) is 11.6 Å². The largest absolute Gasteiger partial charge is 0.493 e. The fourth-order valence-corrected chi connectivity index (χ4v) is 3.20. The lowest BCUT2D eigenvalue weighted by Gasteiger charge is -2.09. The molecule has 0 saturated heterocycles. The lowest BCUT2D eigenvalue weighted by atomic mass is 10.1. The van der Waals surface area contributed by atoms with Crippen LogP contribution in [0.25, 0.3) is 33.2 Å². The molecule has 122 valence electrons. The second-order valence-electron chi connectivity index (χ2n) is 5.27. The van der Waals surface area contributed by atoms with Crippen molar-refractivity contribution >= 4 is 11.3 Å². The van der Waals surface area contributed by atoms with Gasteiger partial charge in [0.2, 0.25) is 0 Å². The van der Waals surface area contributed by atoms with E-state index in [0.717, 1.165) is 16.0 Å². The van der Waals surface area contributed by atoms with Gasteiger partial charge in [-0.05, 0) is 29.6 Å². The first-order valence-electron chi connectivity index (χ1n) is 7.67.